The summed E-state index contributed by atoms with van der Waals surface area (Å²) in [5, 5.41) is 0. The van der Waals surface area contributed by atoms with Crippen LogP contribution in [0.25, 0.3) is 0 Å². The van der Waals surface area contributed by atoms with Crippen molar-refractivity contribution in [3.8, 4) is 5.75 Å². The van der Waals surface area contributed by atoms with E-state index in [0.29, 0.717) is 39.2 Å². The van der Waals surface area contributed by atoms with Crippen molar-refractivity contribution in [2.75, 3.05) is 32.8 Å². The van der Waals surface area contributed by atoms with Crippen molar-refractivity contribution in [2.24, 2.45) is 0 Å². The van der Waals surface area contributed by atoms with Gasteiger partial charge in [-0.1, -0.05) is 13.3 Å². The van der Waals surface area contributed by atoms with E-state index in [4.69, 9.17) is 4.74 Å². The number of ether oxygens (including phenoxy) is 1. The quantitative estimate of drug-likeness (QED) is 0.795. The molecule has 5 nitrogen and oxygen atoms in total. The average molecular weight is 346 g/mol. The highest BCUT2D eigenvalue weighted by atomic mass is 16.5. The summed E-state index contributed by atoms with van der Waals surface area (Å²) in [4.78, 5) is 28.7. The number of carbonyl (C=O) groups is 2. The van der Waals surface area contributed by atoms with Crippen molar-refractivity contribution in [1.29, 1.82) is 0 Å². The van der Waals surface area contributed by atoms with Crippen LogP contribution < -0.4 is 4.74 Å². The molecular formula is C20H30N2O3. The molecule has 0 saturated carbocycles. The van der Waals surface area contributed by atoms with Gasteiger partial charge < -0.3 is 14.5 Å². The lowest BCUT2D eigenvalue weighted by atomic mass is 10.0. The summed E-state index contributed by atoms with van der Waals surface area (Å²) >= 11 is 0. The fourth-order valence-electron chi connectivity index (χ4n) is 3.15. The molecular weight excluding hydrogens is 316 g/mol. The fourth-order valence-corrected chi connectivity index (χ4v) is 3.15. The molecule has 5 heteroatoms. The van der Waals surface area contributed by atoms with Crippen molar-refractivity contribution >= 4 is 11.8 Å². The van der Waals surface area contributed by atoms with E-state index in [0.717, 1.165) is 35.3 Å². The Balaban J connectivity index is 2.01. The molecule has 0 spiro atoms. The van der Waals surface area contributed by atoms with Crippen LogP contribution in [0.5, 0.6) is 5.75 Å². The van der Waals surface area contributed by atoms with Crippen LogP contribution in [0.4, 0.5) is 0 Å². The van der Waals surface area contributed by atoms with Crippen LogP contribution in [0.2, 0.25) is 0 Å². The van der Waals surface area contributed by atoms with Crippen LogP contribution in [0.1, 0.15) is 54.6 Å². The zero-order valence-corrected chi connectivity index (χ0v) is 15.9. The van der Waals surface area contributed by atoms with Gasteiger partial charge in [-0.05, 0) is 50.5 Å². The number of unbranched alkanes of at least 4 members (excludes halogenated alkanes) is 1. The minimum atomic E-state index is 0.0457. The molecule has 0 N–H and O–H groups in total. The molecule has 0 atom stereocenters. The van der Waals surface area contributed by atoms with E-state index in [1.807, 2.05) is 42.7 Å². The van der Waals surface area contributed by atoms with Gasteiger partial charge in [-0.25, -0.2) is 0 Å². The van der Waals surface area contributed by atoms with Gasteiger partial charge in [-0.2, -0.15) is 0 Å². The molecule has 138 valence electrons. The van der Waals surface area contributed by atoms with Gasteiger partial charge in [-0.3, -0.25) is 9.59 Å². The largest absolute Gasteiger partial charge is 0.494 e. The molecule has 1 aliphatic heterocycles. The third-order valence-electron chi connectivity index (χ3n) is 4.72. The van der Waals surface area contributed by atoms with E-state index in [2.05, 4.69) is 6.92 Å². The molecule has 1 fully saturated rings. The van der Waals surface area contributed by atoms with Crippen LogP contribution in [-0.2, 0) is 4.79 Å². The summed E-state index contributed by atoms with van der Waals surface area (Å²) in [5.41, 5.74) is 2.64. The highest BCUT2D eigenvalue weighted by molar-refractivity contribution is 5.96. The Labute approximate surface area is 150 Å². The predicted molar refractivity (Wildman–Crippen MR) is 99.1 cm³/mol. The number of rotatable bonds is 6. The minimum Gasteiger partial charge on any atom is -0.494 e. The van der Waals surface area contributed by atoms with Crippen molar-refractivity contribution in [2.45, 2.75) is 47.0 Å². The number of nitrogens with zero attached hydrogens (tertiary/aromatic N) is 2. The Kier molecular flexibility index (Phi) is 6.85. The van der Waals surface area contributed by atoms with E-state index >= 15 is 0 Å². The van der Waals surface area contributed by atoms with Crippen LogP contribution in [0.3, 0.4) is 0 Å². The van der Waals surface area contributed by atoms with Crippen LogP contribution in [0.15, 0.2) is 12.1 Å². The second-order valence-corrected chi connectivity index (χ2v) is 6.64. The van der Waals surface area contributed by atoms with Gasteiger partial charge in [0.25, 0.3) is 5.91 Å². The summed E-state index contributed by atoms with van der Waals surface area (Å²) in [6, 6.07) is 3.86. The number of aryl methyl sites for hydroxylation is 2. The van der Waals surface area contributed by atoms with Gasteiger partial charge >= 0.3 is 0 Å². The van der Waals surface area contributed by atoms with Crippen molar-refractivity contribution in [3.05, 3.63) is 28.8 Å². The molecule has 2 rings (SSSR count). The number of amides is 2. The highest BCUT2D eigenvalue weighted by Gasteiger charge is 2.25. The van der Waals surface area contributed by atoms with Crippen LogP contribution >= 0.6 is 0 Å². The van der Waals surface area contributed by atoms with Crippen LogP contribution in [0, 0.1) is 13.8 Å². The monoisotopic (exact) mass is 346 g/mol. The number of piperazine rings is 1. The lowest BCUT2D eigenvalue weighted by molar-refractivity contribution is -0.132. The summed E-state index contributed by atoms with van der Waals surface area (Å²) in [5.74, 6) is 1.09. The van der Waals surface area contributed by atoms with E-state index < -0.39 is 0 Å². The number of hydrogen-bond donors (Lipinski definition) is 0. The Morgan fingerprint density at radius 1 is 1.00 bits per heavy atom. The SMILES string of the molecule is CCCCC(=O)N1CCN(C(=O)c2cc(C)c(OCC)cc2C)CC1. The molecule has 0 aromatic heterocycles. The van der Waals surface area contributed by atoms with Gasteiger partial charge in [0.2, 0.25) is 5.91 Å². The van der Waals surface area contributed by atoms with E-state index in [1.165, 1.54) is 0 Å². The number of benzene rings is 1. The molecule has 0 radical (unpaired) electrons. The van der Waals surface area contributed by atoms with Crippen molar-refractivity contribution in [1.82, 2.24) is 9.80 Å². The maximum Gasteiger partial charge on any atom is 0.254 e. The zero-order chi connectivity index (χ0) is 18.4. The third-order valence-corrected chi connectivity index (χ3v) is 4.72. The molecule has 0 aliphatic carbocycles. The average Bonchev–Trinajstić information content (AvgIpc) is 2.62. The second-order valence-electron chi connectivity index (χ2n) is 6.64. The smallest absolute Gasteiger partial charge is 0.254 e. The van der Waals surface area contributed by atoms with Crippen molar-refractivity contribution in [3.63, 3.8) is 0 Å². The molecule has 1 saturated heterocycles. The fraction of sp³-hybridized carbons (Fsp3) is 0.600. The summed E-state index contributed by atoms with van der Waals surface area (Å²) in [6.45, 7) is 11.0. The summed E-state index contributed by atoms with van der Waals surface area (Å²) in [7, 11) is 0. The predicted octanol–water partition coefficient (Wildman–Crippen LogP) is 3.18. The van der Waals surface area contributed by atoms with Crippen molar-refractivity contribution < 1.29 is 14.3 Å². The lowest BCUT2D eigenvalue weighted by Gasteiger charge is -2.35. The highest BCUT2D eigenvalue weighted by Crippen LogP contribution is 2.24. The molecule has 2 amide bonds. The topological polar surface area (TPSA) is 49.9 Å². The maximum atomic E-state index is 12.9. The first kappa shape index (κ1) is 19.3. The molecule has 1 aliphatic rings. The summed E-state index contributed by atoms with van der Waals surface area (Å²) < 4.78 is 5.60. The first-order chi connectivity index (χ1) is 12.0. The van der Waals surface area contributed by atoms with Gasteiger partial charge in [0, 0.05) is 38.2 Å². The molecule has 0 bridgehead atoms. The third kappa shape index (κ3) is 4.74. The van der Waals surface area contributed by atoms with E-state index in [-0.39, 0.29) is 11.8 Å². The van der Waals surface area contributed by atoms with Gasteiger partial charge in [0.05, 0.1) is 6.61 Å². The normalized spacial score (nSPS) is 14.6. The number of hydrogen-bond acceptors (Lipinski definition) is 3. The molecule has 25 heavy (non-hydrogen) atoms. The molecule has 1 aromatic carbocycles. The van der Waals surface area contributed by atoms with Gasteiger partial charge in [-0.15, -0.1) is 0 Å². The Hall–Kier alpha value is -2.04. The molecule has 0 unspecified atom stereocenters. The molecule has 1 aromatic rings. The first-order valence-corrected chi connectivity index (χ1v) is 9.29. The standard InChI is InChI=1S/C20H30N2O3/c1-5-7-8-19(23)21-9-11-22(12-10-21)20(24)17-13-16(4)18(25-6-2)14-15(17)3/h13-14H,5-12H2,1-4H3. The summed E-state index contributed by atoms with van der Waals surface area (Å²) in [6.07, 6.45) is 2.57. The Morgan fingerprint density at radius 3 is 2.24 bits per heavy atom. The second kappa shape index (κ2) is 8.88. The zero-order valence-electron chi connectivity index (χ0n) is 15.9. The van der Waals surface area contributed by atoms with Crippen LogP contribution in [-0.4, -0.2) is 54.4 Å². The number of carbonyl (C=O) groups excluding carboxylic acids is 2. The Bertz CT molecular complexity index is 620. The van der Waals surface area contributed by atoms with E-state index in [9.17, 15) is 9.59 Å². The minimum absolute atomic E-state index is 0.0457. The maximum absolute atomic E-state index is 12.9. The van der Waals surface area contributed by atoms with E-state index in [1.54, 1.807) is 0 Å². The lowest BCUT2D eigenvalue weighted by Crippen LogP contribution is -2.50. The molecule has 1 heterocycles. The Morgan fingerprint density at radius 2 is 1.64 bits per heavy atom. The van der Waals surface area contributed by atoms with Gasteiger partial charge in [0.15, 0.2) is 0 Å². The first-order valence-electron chi connectivity index (χ1n) is 9.29. The van der Waals surface area contributed by atoms with Gasteiger partial charge in [0.1, 0.15) is 5.75 Å².